The molecular formula is C60H74N10O7S. The molecule has 0 unspecified atom stereocenters. The molecule has 7 amide bonds. The molecule has 2 aliphatic carbocycles. The fraction of sp³-hybridized carbons (Fsp3) is 0.467. The van der Waals surface area contributed by atoms with Gasteiger partial charge in [-0.2, -0.15) is 0 Å². The summed E-state index contributed by atoms with van der Waals surface area (Å²) in [6.45, 7) is 13.1. The largest absolute Gasteiger partial charge is 0.347 e. The third-order valence-electron chi connectivity index (χ3n) is 16.1. The van der Waals surface area contributed by atoms with E-state index in [9.17, 15) is 33.6 Å². The van der Waals surface area contributed by atoms with Gasteiger partial charge in [0.2, 0.25) is 29.5 Å². The number of amides is 7. The Morgan fingerprint density at radius 1 is 0.679 bits per heavy atom. The predicted octanol–water partition coefficient (Wildman–Crippen LogP) is 6.40. The number of anilines is 1. The molecule has 78 heavy (non-hydrogen) atoms. The first kappa shape index (κ1) is 55.7. The molecule has 412 valence electrons. The molecule has 3 heterocycles. The first-order chi connectivity index (χ1) is 37.1. The lowest BCUT2D eigenvalue weighted by molar-refractivity contribution is -0.147. The van der Waals surface area contributed by atoms with E-state index in [1.807, 2.05) is 84.0 Å². The van der Waals surface area contributed by atoms with Crippen LogP contribution in [0.1, 0.15) is 147 Å². The van der Waals surface area contributed by atoms with Crippen LogP contribution >= 0.6 is 11.3 Å². The highest BCUT2D eigenvalue weighted by molar-refractivity contribution is 7.22. The second-order valence-electron chi connectivity index (χ2n) is 23.7. The molecule has 8 atom stereocenters. The monoisotopic (exact) mass is 1080 g/mol. The summed E-state index contributed by atoms with van der Waals surface area (Å²) >= 11 is 1.24. The molecule has 4 aliphatic rings. The predicted molar refractivity (Wildman–Crippen MR) is 301 cm³/mol. The van der Waals surface area contributed by atoms with E-state index in [-0.39, 0.29) is 61.6 Å². The average Bonchev–Trinajstić information content (AvgIpc) is 4.06. The number of carbonyl (C=O) groups is 7. The highest BCUT2D eigenvalue weighted by Crippen LogP contribution is 2.35. The third kappa shape index (κ3) is 12.0. The van der Waals surface area contributed by atoms with Gasteiger partial charge in [0, 0.05) is 36.7 Å². The molecule has 0 saturated carbocycles. The molecule has 2 aliphatic heterocycles. The van der Waals surface area contributed by atoms with Crippen molar-refractivity contribution in [3.05, 3.63) is 129 Å². The number of aryl methyl sites for hydroxylation is 2. The number of carbonyl (C=O) groups excluding carboxylic acids is 7. The number of aromatic nitrogens is 1. The fourth-order valence-corrected chi connectivity index (χ4v) is 12.1. The molecule has 0 spiro atoms. The molecular weight excluding hydrogens is 1000 g/mol. The van der Waals surface area contributed by atoms with Crippen LogP contribution in [-0.4, -0.2) is 106 Å². The number of benzene rings is 4. The molecule has 9 rings (SSSR count). The zero-order valence-corrected chi connectivity index (χ0v) is 46.8. The smallest absolute Gasteiger partial charge is 0.257 e. The van der Waals surface area contributed by atoms with Crippen molar-refractivity contribution in [3.8, 4) is 0 Å². The zero-order valence-electron chi connectivity index (χ0n) is 46.0. The molecule has 4 aromatic carbocycles. The average molecular weight is 1080 g/mol. The van der Waals surface area contributed by atoms with Gasteiger partial charge < -0.3 is 42.1 Å². The Bertz CT molecular complexity index is 3140. The zero-order chi connectivity index (χ0) is 55.8. The number of hydrogen-bond donors (Lipinski definition) is 7. The van der Waals surface area contributed by atoms with Gasteiger partial charge in [0.05, 0.1) is 34.4 Å². The summed E-state index contributed by atoms with van der Waals surface area (Å²) in [5.41, 5.74) is 12.4. The van der Waals surface area contributed by atoms with Crippen molar-refractivity contribution >= 4 is 68.0 Å². The Morgan fingerprint density at radius 2 is 1.28 bits per heavy atom. The van der Waals surface area contributed by atoms with E-state index in [1.54, 1.807) is 49.2 Å². The number of likely N-dealkylation sites (tertiary alicyclic amines) is 1. The van der Waals surface area contributed by atoms with E-state index in [0.29, 0.717) is 27.3 Å². The Kier molecular flexibility index (Phi) is 16.3. The van der Waals surface area contributed by atoms with E-state index >= 15 is 0 Å². The van der Waals surface area contributed by atoms with Gasteiger partial charge in [0.25, 0.3) is 11.8 Å². The van der Waals surface area contributed by atoms with Crippen LogP contribution < -0.4 is 37.6 Å². The van der Waals surface area contributed by atoms with Crippen LogP contribution in [0.4, 0.5) is 5.13 Å². The topological polar surface area (TPSA) is 237 Å². The summed E-state index contributed by atoms with van der Waals surface area (Å²) in [5.74, 6) is -2.51. The highest BCUT2D eigenvalue weighted by atomic mass is 32.1. The second-order valence-corrected chi connectivity index (χ2v) is 24.7. The van der Waals surface area contributed by atoms with Gasteiger partial charge in [-0.3, -0.25) is 38.9 Å². The molecule has 1 aromatic heterocycles. The minimum absolute atomic E-state index is 0.0215. The summed E-state index contributed by atoms with van der Waals surface area (Å²) in [5, 5.41) is 18.7. The number of likely N-dealkylation sites (N-methyl/N-ethyl adjacent to an activating group) is 1. The van der Waals surface area contributed by atoms with Gasteiger partial charge in [-0.25, -0.2) is 4.98 Å². The Balaban J connectivity index is 0.900. The van der Waals surface area contributed by atoms with Crippen molar-refractivity contribution in [2.24, 2.45) is 16.6 Å². The number of hydrogen-bond acceptors (Lipinski definition) is 11. The molecule has 1 fully saturated rings. The highest BCUT2D eigenvalue weighted by Gasteiger charge is 2.46. The van der Waals surface area contributed by atoms with Gasteiger partial charge in [0.1, 0.15) is 18.1 Å². The Labute approximate surface area is 460 Å². The maximum Gasteiger partial charge on any atom is 0.257 e. The molecule has 0 bridgehead atoms. The Morgan fingerprint density at radius 3 is 1.90 bits per heavy atom. The fourth-order valence-electron chi connectivity index (χ4n) is 11.3. The minimum atomic E-state index is -0.970. The summed E-state index contributed by atoms with van der Waals surface area (Å²) < 4.78 is 0.724. The van der Waals surface area contributed by atoms with Crippen LogP contribution in [0.5, 0.6) is 0 Å². The maximum absolute atomic E-state index is 14.9. The van der Waals surface area contributed by atoms with Crippen molar-refractivity contribution in [1.82, 2.24) is 41.4 Å². The first-order valence-corrected chi connectivity index (χ1v) is 28.1. The number of nitrogens with one attached hydrogen (secondary N) is 6. The van der Waals surface area contributed by atoms with E-state index in [2.05, 4.69) is 49.0 Å². The summed E-state index contributed by atoms with van der Waals surface area (Å²) in [6.07, 6.45) is 5.67. The van der Waals surface area contributed by atoms with E-state index < -0.39 is 64.8 Å². The lowest BCUT2D eigenvalue weighted by Gasteiger charge is -2.42. The van der Waals surface area contributed by atoms with E-state index in [0.717, 1.165) is 59.9 Å². The number of nitrogens with zero attached hydrogens (tertiary/aromatic N) is 3. The molecule has 5 aromatic rings. The summed E-state index contributed by atoms with van der Waals surface area (Å²) in [6, 6.07) is 21.5. The second kappa shape index (κ2) is 22.8. The van der Waals surface area contributed by atoms with E-state index in [4.69, 9.17) is 5.73 Å². The van der Waals surface area contributed by atoms with Crippen LogP contribution in [0.2, 0.25) is 0 Å². The lowest BCUT2D eigenvalue weighted by atomic mass is 9.83. The molecule has 8 N–H and O–H groups in total. The number of thiazole rings is 1. The van der Waals surface area contributed by atoms with Gasteiger partial charge in [-0.15, -0.1) is 0 Å². The number of nitrogens with two attached hydrogens (primary N) is 1. The molecule has 1 saturated heterocycles. The van der Waals surface area contributed by atoms with Crippen LogP contribution in [0, 0.1) is 10.8 Å². The normalized spacial score (nSPS) is 21.2. The SMILES string of the molecule is CN[C@@H](C)C(=O)N[C@H](C(=O)N1Cc2cc(C(=O)Nc3nc4cc(C(=O)N[C@H]5C[C@@H](C(=O)N[C@@H]6CCCc7ccccc76)N(C(=O)[C@@H](N)C(C)(C)C)C5)ccc4s3)ccc2C[C@H]1C(=O)N[C@@H]1CCCc2ccccc21)C(C)(C)C. The molecule has 17 nitrogen and oxygen atoms in total. The summed E-state index contributed by atoms with van der Waals surface area (Å²) in [4.78, 5) is 107. The molecule has 18 heteroatoms. The minimum Gasteiger partial charge on any atom is -0.347 e. The number of fused-ring (bicyclic) bond motifs is 4. The quantitative estimate of drug-likeness (QED) is 0.0685. The molecule has 0 radical (unpaired) electrons. The van der Waals surface area contributed by atoms with Crippen molar-refractivity contribution in [2.75, 3.05) is 18.9 Å². The van der Waals surface area contributed by atoms with Crippen molar-refractivity contribution in [2.45, 2.75) is 155 Å². The van der Waals surface area contributed by atoms with Gasteiger partial charge in [-0.05, 0) is 133 Å². The standard InChI is InChI=1S/C60H74N10O7S/c1-33(62-8)51(71)67-50(60(5,6)7)57(77)69-31-39-27-37(24-23-36(39)29-46(69)54(74)64-43-21-13-17-34-15-9-11-19-41(34)43)53(73)68-58-66-45-28-38(25-26-48(45)78-58)52(72)63-40-30-47(70(32-40)56(76)49(61)59(2,3)4)55(75)65-44-22-14-18-35-16-10-12-20-42(35)44/h9-12,15-16,19-20,23-28,33,40,43-44,46-47,49-50,62H,13-14,17-18,21-22,29-32,61H2,1-8H3,(H,63,72)(H,64,74)(H,65,75)(H,67,71)(H,66,68,73)/t33-,40-,43+,44+,46-,47-,49+,50+/m0/s1. The van der Waals surface area contributed by atoms with E-state index in [1.165, 1.54) is 27.4 Å². The van der Waals surface area contributed by atoms with Crippen LogP contribution in [-0.2, 0) is 49.8 Å². The van der Waals surface area contributed by atoms with Crippen LogP contribution in [0.3, 0.4) is 0 Å². The van der Waals surface area contributed by atoms with Crippen LogP contribution in [0.15, 0.2) is 84.9 Å². The maximum atomic E-state index is 14.9. The van der Waals surface area contributed by atoms with Crippen LogP contribution in [0.25, 0.3) is 10.2 Å². The first-order valence-electron chi connectivity index (χ1n) is 27.3. The van der Waals surface area contributed by atoms with Crippen molar-refractivity contribution in [1.29, 1.82) is 0 Å². The third-order valence-corrected chi connectivity index (χ3v) is 17.0. The van der Waals surface area contributed by atoms with Gasteiger partial charge in [0.15, 0.2) is 5.13 Å². The number of rotatable bonds is 13. The Hall–Kier alpha value is -7.02. The summed E-state index contributed by atoms with van der Waals surface area (Å²) in [7, 11) is 1.67. The lowest BCUT2D eigenvalue weighted by Crippen LogP contribution is -2.62. The van der Waals surface area contributed by atoms with Crippen molar-refractivity contribution < 1.29 is 33.6 Å². The van der Waals surface area contributed by atoms with Gasteiger partial charge >= 0.3 is 0 Å². The van der Waals surface area contributed by atoms with Crippen molar-refractivity contribution in [3.63, 3.8) is 0 Å². The van der Waals surface area contributed by atoms with Gasteiger partial charge in [-0.1, -0.05) is 107 Å².